The molecule has 0 fully saturated rings. The summed E-state index contributed by atoms with van der Waals surface area (Å²) < 4.78 is 28.0. The Morgan fingerprint density at radius 3 is 2.89 bits per heavy atom. The molecule has 2 heterocycles. The Morgan fingerprint density at radius 1 is 1.58 bits per heavy atom. The molecule has 0 unspecified atom stereocenters. The molecule has 0 aliphatic heterocycles. The van der Waals surface area contributed by atoms with Crippen molar-refractivity contribution in [3.05, 3.63) is 11.6 Å². The number of hydrogen-bond donors (Lipinski definition) is 2. The number of sulfonamides is 1. The van der Waals surface area contributed by atoms with Crippen molar-refractivity contribution in [2.24, 2.45) is 0 Å². The number of rotatable bonds is 6. The third kappa shape index (κ3) is 2.34. The van der Waals surface area contributed by atoms with Gasteiger partial charge in [0, 0.05) is 31.7 Å². The lowest BCUT2D eigenvalue weighted by Gasteiger charge is -2.19. The molecule has 0 aromatic carbocycles. The molecule has 0 saturated carbocycles. The number of thiazole rings is 1. The van der Waals surface area contributed by atoms with Gasteiger partial charge in [-0.15, -0.1) is 11.3 Å². The number of aliphatic hydroxyl groups excluding tert-OH is 1. The van der Waals surface area contributed by atoms with Crippen LogP contribution in [0.25, 0.3) is 4.96 Å². The summed E-state index contributed by atoms with van der Waals surface area (Å²) in [5, 5.41) is 13.7. The second-order valence-corrected chi connectivity index (χ2v) is 6.52. The van der Waals surface area contributed by atoms with Crippen LogP contribution in [0.2, 0.25) is 0 Å². The first kappa shape index (κ1) is 14.3. The number of imidazole rings is 1. The molecule has 0 saturated heterocycles. The molecule has 2 N–H and O–H groups in total. The predicted octanol–water partition coefficient (Wildman–Crippen LogP) is 0.440. The molecule has 0 bridgehead atoms. The lowest BCUT2D eigenvalue weighted by molar-refractivity contribution is 0.256. The van der Waals surface area contributed by atoms with Crippen LogP contribution in [0.3, 0.4) is 0 Å². The SMILES string of the molecule is CCN(CCO)S(=O)(=O)c1c(NC)nc2sccn12. The smallest absolute Gasteiger partial charge is 0.262 e. The highest BCUT2D eigenvalue weighted by Crippen LogP contribution is 2.27. The summed E-state index contributed by atoms with van der Waals surface area (Å²) in [4.78, 5) is 4.85. The highest BCUT2D eigenvalue weighted by molar-refractivity contribution is 7.89. The van der Waals surface area contributed by atoms with Crippen LogP contribution in [-0.4, -0.2) is 54.0 Å². The number of aliphatic hydroxyl groups is 1. The van der Waals surface area contributed by atoms with Crippen LogP contribution in [0.15, 0.2) is 16.6 Å². The van der Waals surface area contributed by atoms with Crippen molar-refractivity contribution in [2.45, 2.75) is 11.9 Å². The maximum atomic E-state index is 12.6. The summed E-state index contributed by atoms with van der Waals surface area (Å²) in [7, 11) is -2.06. The number of aromatic nitrogens is 2. The quantitative estimate of drug-likeness (QED) is 0.808. The monoisotopic (exact) mass is 304 g/mol. The molecule has 106 valence electrons. The zero-order valence-electron chi connectivity index (χ0n) is 10.7. The van der Waals surface area contributed by atoms with Crippen molar-refractivity contribution in [3.63, 3.8) is 0 Å². The Balaban J connectivity index is 2.61. The van der Waals surface area contributed by atoms with Gasteiger partial charge in [0.15, 0.2) is 15.8 Å². The van der Waals surface area contributed by atoms with Crippen molar-refractivity contribution in [1.29, 1.82) is 0 Å². The first-order valence-electron chi connectivity index (χ1n) is 5.80. The largest absolute Gasteiger partial charge is 0.395 e. The lowest BCUT2D eigenvalue weighted by Crippen LogP contribution is -2.34. The number of anilines is 1. The minimum absolute atomic E-state index is 0.0688. The third-order valence-electron chi connectivity index (χ3n) is 2.74. The van der Waals surface area contributed by atoms with Crippen molar-refractivity contribution < 1.29 is 13.5 Å². The van der Waals surface area contributed by atoms with E-state index in [0.29, 0.717) is 17.3 Å². The Bertz CT molecular complexity index is 661. The molecule has 7 nitrogen and oxygen atoms in total. The van der Waals surface area contributed by atoms with Crippen LogP contribution in [0.4, 0.5) is 5.82 Å². The van der Waals surface area contributed by atoms with E-state index in [2.05, 4.69) is 10.3 Å². The molecule has 0 aliphatic rings. The summed E-state index contributed by atoms with van der Waals surface area (Å²) in [6.07, 6.45) is 1.67. The molecule has 2 aromatic heterocycles. The fraction of sp³-hybridized carbons (Fsp3) is 0.500. The highest BCUT2D eigenvalue weighted by Gasteiger charge is 2.30. The maximum Gasteiger partial charge on any atom is 0.262 e. The van der Waals surface area contributed by atoms with E-state index >= 15 is 0 Å². The summed E-state index contributed by atoms with van der Waals surface area (Å²) in [5.41, 5.74) is 0. The molecule has 2 rings (SSSR count). The van der Waals surface area contributed by atoms with Gasteiger partial charge < -0.3 is 10.4 Å². The fourth-order valence-electron chi connectivity index (χ4n) is 1.86. The highest BCUT2D eigenvalue weighted by atomic mass is 32.2. The summed E-state index contributed by atoms with van der Waals surface area (Å²) in [6.45, 7) is 1.88. The van der Waals surface area contributed by atoms with Gasteiger partial charge in [0.25, 0.3) is 10.0 Å². The van der Waals surface area contributed by atoms with Gasteiger partial charge in [-0.25, -0.2) is 13.4 Å². The van der Waals surface area contributed by atoms with Crippen LogP contribution in [-0.2, 0) is 10.0 Å². The minimum atomic E-state index is -3.69. The maximum absolute atomic E-state index is 12.6. The number of nitrogens with zero attached hydrogens (tertiary/aromatic N) is 3. The van der Waals surface area contributed by atoms with Gasteiger partial charge in [0.1, 0.15) is 0 Å². The molecule has 0 radical (unpaired) electrons. The van der Waals surface area contributed by atoms with Gasteiger partial charge in [-0.3, -0.25) is 4.40 Å². The molecular formula is C10H16N4O3S2. The summed E-state index contributed by atoms with van der Waals surface area (Å²) >= 11 is 1.37. The molecule has 19 heavy (non-hydrogen) atoms. The van der Waals surface area contributed by atoms with Crippen LogP contribution < -0.4 is 5.32 Å². The van der Waals surface area contributed by atoms with Crippen LogP contribution in [0, 0.1) is 0 Å². The van der Waals surface area contributed by atoms with Crippen molar-refractivity contribution in [1.82, 2.24) is 13.7 Å². The van der Waals surface area contributed by atoms with E-state index in [4.69, 9.17) is 5.11 Å². The van der Waals surface area contributed by atoms with Gasteiger partial charge in [0.2, 0.25) is 0 Å². The van der Waals surface area contributed by atoms with Crippen molar-refractivity contribution in [3.8, 4) is 0 Å². The molecule has 0 aliphatic carbocycles. The Hall–Kier alpha value is -1.16. The van der Waals surface area contributed by atoms with E-state index in [0.717, 1.165) is 0 Å². The molecule has 0 spiro atoms. The third-order valence-corrected chi connectivity index (χ3v) is 5.50. The molecule has 0 atom stereocenters. The predicted molar refractivity (Wildman–Crippen MR) is 74.1 cm³/mol. The van der Waals surface area contributed by atoms with Crippen LogP contribution in [0.1, 0.15) is 6.92 Å². The molecular weight excluding hydrogens is 288 g/mol. The van der Waals surface area contributed by atoms with E-state index in [9.17, 15) is 8.42 Å². The normalized spacial score (nSPS) is 12.4. The Morgan fingerprint density at radius 2 is 2.32 bits per heavy atom. The average Bonchev–Trinajstić information content (AvgIpc) is 2.94. The lowest BCUT2D eigenvalue weighted by atomic mass is 10.6. The topological polar surface area (TPSA) is 86.9 Å². The van der Waals surface area contributed by atoms with Crippen molar-refractivity contribution in [2.75, 3.05) is 32.1 Å². The van der Waals surface area contributed by atoms with Gasteiger partial charge >= 0.3 is 0 Å². The minimum Gasteiger partial charge on any atom is -0.395 e. The summed E-state index contributed by atoms with van der Waals surface area (Å²) in [6, 6.07) is 0. The second kappa shape index (κ2) is 5.45. The average molecular weight is 304 g/mol. The molecule has 0 amide bonds. The van der Waals surface area contributed by atoms with Crippen LogP contribution in [0.5, 0.6) is 0 Å². The van der Waals surface area contributed by atoms with E-state index in [1.165, 1.54) is 15.6 Å². The van der Waals surface area contributed by atoms with E-state index < -0.39 is 10.0 Å². The van der Waals surface area contributed by atoms with E-state index in [1.807, 2.05) is 0 Å². The Kier molecular flexibility index (Phi) is 4.09. The second-order valence-electron chi connectivity index (χ2n) is 3.79. The molecule has 9 heteroatoms. The van der Waals surface area contributed by atoms with Gasteiger partial charge in [0.05, 0.1) is 6.61 Å². The fourth-order valence-corrected chi connectivity index (χ4v) is 4.32. The van der Waals surface area contributed by atoms with Gasteiger partial charge in [-0.2, -0.15) is 4.31 Å². The van der Waals surface area contributed by atoms with E-state index in [-0.39, 0.29) is 18.2 Å². The Labute approximate surface area is 115 Å². The number of nitrogens with one attached hydrogen (secondary N) is 1. The first-order valence-corrected chi connectivity index (χ1v) is 8.12. The first-order chi connectivity index (χ1) is 9.06. The standard InChI is InChI=1S/C10H16N4O3S2/c1-3-13(4-6-15)19(16,17)9-8(11-2)12-10-14(9)5-7-18-10/h5,7,11,15H,3-4,6H2,1-2H3. The number of likely N-dealkylation sites (N-methyl/N-ethyl adjacent to an activating group) is 1. The van der Waals surface area contributed by atoms with Crippen LogP contribution >= 0.6 is 11.3 Å². The summed E-state index contributed by atoms with van der Waals surface area (Å²) in [5.74, 6) is 0.322. The number of hydrogen-bond acceptors (Lipinski definition) is 6. The van der Waals surface area contributed by atoms with E-state index in [1.54, 1.807) is 29.9 Å². The zero-order valence-corrected chi connectivity index (χ0v) is 12.3. The van der Waals surface area contributed by atoms with Gasteiger partial charge in [-0.05, 0) is 0 Å². The number of fused-ring (bicyclic) bond motifs is 1. The van der Waals surface area contributed by atoms with Gasteiger partial charge in [-0.1, -0.05) is 6.92 Å². The van der Waals surface area contributed by atoms with Crippen molar-refractivity contribution >= 4 is 32.1 Å². The zero-order chi connectivity index (χ0) is 14.0. The molecule has 2 aromatic rings.